The zero-order valence-electron chi connectivity index (χ0n) is 14.5. The number of aromatic nitrogens is 2. The molecule has 2 amide bonds. The van der Waals surface area contributed by atoms with Crippen LogP contribution >= 0.6 is 11.3 Å². The lowest BCUT2D eigenvalue weighted by molar-refractivity contribution is -0.117. The van der Waals surface area contributed by atoms with Crippen LogP contribution in [0, 0.1) is 13.8 Å². The molecule has 2 aromatic heterocycles. The molecule has 0 aliphatic carbocycles. The Morgan fingerprint density at radius 2 is 1.88 bits per heavy atom. The third kappa shape index (κ3) is 3.97. The summed E-state index contributed by atoms with van der Waals surface area (Å²) in [6.07, 6.45) is 0. The number of primary amides is 1. The molecule has 0 unspecified atom stereocenters. The Balaban J connectivity index is 1.70. The predicted octanol–water partition coefficient (Wildman–Crippen LogP) is 2.14. The number of carbonyl (C=O) groups excluding carboxylic acids is 2. The van der Waals surface area contributed by atoms with Crippen LogP contribution in [0.5, 0.6) is 0 Å². The van der Waals surface area contributed by atoms with Gasteiger partial charge in [0.15, 0.2) is 0 Å². The Morgan fingerprint density at radius 3 is 2.58 bits per heavy atom. The third-order valence-corrected chi connectivity index (χ3v) is 4.82. The number of aryl methyl sites for hydroxylation is 2. The fourth-order valence-corrected chi connectivity index (χ4v) is 3.51. The van der Waals surface area contributed by atoms with Crippen LogP contribution in [0.1, 0.15) is 27.3 Å². The van der Waals surface area contributed by atoms with Crippen LogP contribution in [0.4, 0.5) is 5.82 Å². The number of nitrogens with one attached hydrogen (secondary N) is 2. The Bertz CT molecular complexity index is 966. The molecule has 3 rings (SSSR count). The van der Waals surface area contributed by atoms with E-state index in [4.69, 9.17) is 5.73 Å². The minimum absolute atomic E-state index is 0.175. The summed E-state index contributed by atoms with van der Waals surface area (Å²) < 4.78 is 0. The number of amides is 2. The van der Waals surface area contributed by atoms with Crippen LogP contribution < -0.4 is 16.4 Å². The first-order valence-electron chi connectivity index (χ1n) is 8.06. The quantitative estimate of drug-likeness (QED) is 0.617. The molecule has 134 valence electrons. The predicted molar refractivity (Wildman–Crippen MR) is 102 cm³/mol. The molecule has 1 aromatic carbocycles. The molecule has 0 atom stereocenters. The van der Waals surface area contributed by atoms with Crippen molar-refractivity contribution >= 4 is 39.2 Å². The highest BCUT2D eigenvalue weighted by molar-refractivity contribution is 7.17. The van der Waals surface area contributed by atoms with Gasteiger partial charge >= 0.3 is 0 Å². The minimum Gasteiger partial charge on any atom is -0.368 e. The van der Waals surface area contributed by atoms with Gasteiger partial charge in [-0.25, -0.2) is 9.97 Å². The number of anilines is 1. The van der Waals surface area contributed by atoms with Crippen LogP contribution in [-0.2, 0) is 11.3 Å². The van der Waals surface area contributed by atoms with Gasteiger partial charge in [-0.15, -0.1) is 11.3 Å². The molecule has 8 heteroatoms. The summed E-state index contributed by atoms with van der Waals surface area (Å²) in [6, 6.07) is 7.14. The van der Waals surface area contributed by atoms with Gasteiger partial charge in [-0.05, 0) is 42.5 Å². The number of hydrogen-bond acceptors (Lipinski definition) is 6. The van der Waals surface area contributed by atoms with Gasteiger partial charge in [0.2, 0.25) is 5.91 Å². The highest BCUT2D eigenvalue weighted by atomic mass is 32.1. The van der Waals surface area contributed by atoms with Gasteiger partial charge in [-0.2, -0.15) is 0 Å². The normalized spacial score (nSPS) is 10.7. The van der Waals surface area contributed by atoms with Crippen LogP contribution in [0.3, 0.4) is 0 Å². The molecule has 7 nitrogen and oxygen atoms in total. The number of rotatable bonds is 6. The van der Waals surface area contributed by atoms with Gasteiger partial charge < -0.3 is 16.4 Å². The topological polar surface area (TPSA) is 110 Å². The number of fused-ring (bicyclic) bond motifs is 1. The van der Waals surface area contributed by atoms with E-state index in [1.165, 1.54) is 0 Å². The van der Waals surface area contributed by atoms with Crippen LogP contribution in [-0.4, -0.2) is 28.3 Å². The van der Waals surface area contributed by atoms with Gasteiger partial charge in [-0.3, -0.25) is 9.59 Å². The van der Waals surface area contributed by atoms with Gasteiger partial charge in [0.25, 0.3) is 5.91 Å². The molecule has 3 aromatic rings. The van der Waals surface area contributed by atoms with Crippen LogP contribution in [0.2, 0.25) is 0 Å². The second-order valence-corrected chi connectivity index (χ2v) is 6.78. The van der Waals surface area contributed by atoms with Gasteiger partial charge in [0.1, 0.15) is 16.5 Å². The van der Waals surface area contributed by atoms with E-state index < -0.39 is 5.91 Å². The van der Waals surface area contributed by atoms with Gasteiger partial charge in [-0.1, -0.05) is 12.1 Å². The van der Waals surface area contributed by atoms with E-state index in [0.717, 1.165) is 33.0 Å². The summed E-state index contributed by atoms with van der Waals surface area (Å²) in [6.45, 7) is 4.32. The number of benzene rings is 1. The molecular formula is C18H19N5O2S. The van der Waals surface area contributed by atoms with Crippen molar-refractivity contribution < 1.29 is 9.59 Å². The fourth-order valence-electron chi connectivity index (χ4n) is 2.55. The molecule has 0 saturated carbocycles. The Hall–Kier alpha value is -3.00. The zero-order valence-corrected chi connectivity index (χ0v) is 15.3. The molecule has 4 N–H and O–H groups in total. The maximum Gasteiger partial charge on any atom is 0.251 e. The number of hydrogen-bond donors (Lipinski definition) is 3. The van der Waals surface area contributed by atoms with Crippen molar-refractivity contribution in [3.8, 4) is 0 Å². The molecule has 0 radical (unpaired) electrons. The summed E-state index contributed by atoms with van der Waals surface area (Å²) >= 11 is 1.61. The van der Waals surface area contributed by atoms with E-state index >= 15 is 0 Å². The average molecular weight is 369 g/mol. The Morgan fingerprint density at radius 1 is 1.15 bits per heavy atom. The van der Waals surface area contributed by atoms with Gasteiger partial charge in [0, 0.05) is 12.1 Å². The van der Waals surface area contributed by atoms with Gasteiger partial charge in [0.05, 0.1) is 11.9 Å². The number of nitrogens with zero attached hydrogens (tertiary/aromatic N) is 2. The number of carbonyl (C=O) groups is 2. The second-order valence-electron chi connectivity index (χ2n) is 5.92. The van der Waals surface area contributed by atoms with Crippen molar-refractivity contribution in [2.24, 2.45) is 5.73 Å². The summed E-state index contributed by atoms with van der Waals surface area (Å²) in [4.78, 5) is 32.5. The molecule has 0 bridgehead atoms. The lowest BCUT2D eigenvalue weighted by atomic mass is 10.1. The lowest BCUT2D eigenvalue weighted by Crippen LogP contribution is -2.33. The van der Waals surface area contributed by atoms with Crippen molar-refractivity contribution in [2.45, 2.75) is 20.4 Å². The van der Waals surface area contributed by atoms with Crippen molar-refractivity contribution in [3.63, 3.8) is 0 Å². The van der Waals surface area contributed by atoms with Crippen molar-refractivity contribution in [1.29, 1.82) is 0 Å². The molecule has 0 spiro atoms. The van der Waals surface area contributed by atoms with E-state index in [0.29, 0.717) is 12.1 Å². The fraction of sp³-hybridized carbons (Fsp3) is 0.222. The highest BCUT2D eigenvalue weighted by Crippen LogP contribution is 2.29. The van der Waals surface area contributed by atoms with E-state index in [1.807, 2.05) is 26.0 Å². The monoisotopic (exact) mass is 369 g/mol. The third-order valence-electron chi connectivity index (χ3n) is 3.83. The van der Waals surface area contributed by atoms with Crippen molar-refractivity contribution in [1.82, 2.24) is 15.3 Å². The number of thiophene rings is 1. The van der Waals surface area contributed by atoms with E-state index in [1.54, 1.807) is 23.5 Å². The van der Waals surface area contributed by atoms with E-state index in [9.17, 15) is 9.59 Å². The molecule has 0 saturated heterocycles. The van der Waals surface area contributed by atoms with Crippen LogP contribution in [0.15, 0.2) is 29.6 Å². The molecule has 0 aliphatic heterocycles. The standard InChI is InChI=1S/C18H19N5O2S/c1-10-9-26-18-15(10)16(22-11(2)23-18)20-7-12-3-5-13(6-4-12)17(25)21-8-14(19)24/h3-6,9H,7-8H2,1-2H3,(H2,19,24)(H,21,25)(H,20,22,23). The summed E-state index contributed by atoms with van der Waals surface area (Å²) in [7, 11) is 0. The molecule has 0 aliphatic rings. The first kappa shape index (κ1) is 17.8. The van der Waals surface area contributed by atoms with Crippen molar-refractivity contribution in [3.05, 3.63) is 52.2 Å². The SMILES string of the molecule is Cc1nc(NCc2ccc(C(=O)NCC(N)=O)cc2)c2c(C)csc2n1. The lowest BCUT2D eigenvalue weighted by Gasteiger charge is -2.09. The highest BCUT2D eigenvalue weighted by Gasteiger charge is 2.11. The first-order valence-corrected chi connectivity index (χ1v) is 8.94. The molecular weight excluding hydrogens is 350 g/mol. The zero-order chi connectivity index (χ0) is 18.7. The van der Waals surface area contributed by atoms with E-state index in [-0.39, 0.29) is 12.5 Å². The second kappa shape index (κ2) is 7.49. The average Bonchev–Trinajstić information content (AvgIpc) is 2.98. The van der Waals surface area contributed by atoms with E-state index in [2.05, 4.69) is 26.0 Å². The van der Waals surface area contributed by atoms with Crippen LogP contribution in [0.25, 0.3) is 10.2 Å². The molecule has 0 fully saturated rings. The molecule has 26 heavy (non-hydrogen) atoms. The molecule has 2 heterocycles. The summed E-state index contributed by atoms with van der Waals surface area (Å²) in [5, 5.41) is 8.93. The maximum absolute atomic E-state index is 11.9. The first-order chi connectivity index (χ1) is 12.4. The summed E-state index contributed by atoms with van der Waals surface area (Å²) in [5.74, 6) is 0.637. The largest absolute Gasteiger partial charge is 0.368 e. The number of nitrogens with two attached hydrogens (primary N) is 1. The summed E-state index contributed by atoms with van der Waals surface area (Å²) in [5.41, 5.74) is 7.65. The smallest absolute Gasteiger partial charge is 0.251 e. The Labute approximate surface area is 154 Å². The maximum atomic E-state index is 11.9. The Kier molecular flexibility index (Phi) is 5.13. The van der Waals surface area contributed by atoms with Crippen molar-refractivity contribution in [2.75, 3.05) is 11.9 Å². The minimum atomic E-state index is -0.575.